The van der Waals surface area contributed by atoms with Crippen molar-refractivity contribution >= 4 is 49.3 Å². The van der Waals surface area contributed by atoms with Crippen molar-refractivity contribution < 1.29 is 4.74 Å². The van der Waals surface area contributed by atoms with E-state index in [4.69, 9.17) is 4.74 Å². The lowest BCUT2D eigenvalue weighted by Gasteiger charge is -2.12. The number of hydrogen-bond acceptors (Lipinski definition) is 3. The molecule has 0 aliphatic rings. The number of benzene rings is 2. The predicted molar refractivity (Wildman–Crippen MR) is 98.6 cm³/mol. The maximum Gasteiger partial charge on any atom is 0.147 e. The number of thioether (sulfide) groups is 1. The molecule has 0 unspecified atom stereocenters. The summed E-state index contributed by atoms with van der Waals surface area (Å²) < 4.78 is 7.53. The van der Waals surface area contributed by atoms with E-state index in [0.717, 1.165) is 26.9 Å². The molecule has 0 saturated heterocycles. The van der Waals surface area contributed by atoms with Gasteiger partial charge in [-0.3, -0.25) is 0 Å². The van der Waals surface area contributed by atoms with Crippen LogP contribution in [-0.4, -0.2) is 12.9 Å². The van der Waals surface area contributed by atoms with Crippen LogP contribution in [0.1, 0.15) is 12.5 Å². The lowest BCUT2D eigenvalue weighted by Crippen LogP contribution is -2.01. The van der Waals surface area contributed by atoms with Crippen LogP contribution >= 0.6 is 43.6 Å². The fourth-order valence-corrected chi connectivity index (χ4v) is 3.83. The molecule has 112 valence electrons. The second-order valence-electron chi connectivity index (χ2n) is 4.40. The first kappa shape index (κ1) is 16.7. The van der Waals surface area contributed by atoms with Crippen molar-refractivity contribution in [1.29, 1.82) is 0 Å². The number of anilines is 1. The number of hydrogen-bond donors (Lipinski definition) is 1. The van der Waals surface area contributed by atoms with Crippen LogP contribution in [0.5, 0.6) is 5.75 Å². The number of nitrogens with one attached hydrogen (secondary N) is 1. The molecule has 0 aliphatic carbocycles. The molecule has 0 bridgehead atoms. The van der Waals surface area contributed by atoms with Gasteiger partial charge < -0.3 is 10.1 Å². The number of ether oxygens (including phenoxy) is 1. The summed E-state index contributed by atoms with van der Waals surface area (Å²) in [6.07, 6.45) is 2.08. The molecule has 0 radical (unpaired) electrons. The molecule has 0 saturated carbocycles. The highest BCUT2D eigenvalue weighted by atomic mass is 79.9. The third-order valence-electron chi connectivity index (χ3n) is 2.93. The third-order valence-corrected chi connectivity index (χ3v) is 4.86. The molecule has 2 aromatic rings. The monoisotopic (exact) mass is 429 g/mol. The van der Waals surface area contributed by atoms with Gasteiger partial charge >= 0.3 is 0 Å². The summed E-state index contributed by atoms with van der Waals surface area (Å²) in [5.41, 5.74) is 2.31. The van der Waals surface area contributed by atoms with Gasteiger partial charge in [-0.15, -0.1) is 11.8 Å². The molecule has 0 amide bonds. The van der Waals surface area contributed by atoms with Crippen LogP contribution in [0.3, 0.4) is 0 Å². The Hall–Kier alpha value is -0.650. The number of rotatable bonds is 6. The maximum atomic E-state index is 5.59. The SMILES string of the molecule is CCOc1c(Br)cc(CNc2ccc(SC)cc2)cc1Br. The van der Waals surface area contributed by atoms with Crippen LogP contribution in [0, 0.1) is 0 Å². The average Bonchev–Trinajstić information content (AvgIpc) is 2.49. The van der Waals surface area contributed by atoms with Crippen molar-refractivity contribution in [1.82, 2.24) is 0 Å². The van der Waals surface area contributed by atoms with Gasteiger partial charge in [-0.1, -0.05) is 0 Å². The summed E-state index contributed by atoms with van der Waals surface area (Å²) in [7, 11) is 0. The van der Waals surface area contributed by atoms with E-state index in [0.29, 0.717) is 6.61 Å². The van der Waals surface area contributed by atoms with Gasteiger partial charge in [0.2, 0.25) is 0 Å². The largest absolute Gasteiger partial charge is 0.492 e. The van der Waals surface area contributed by atoms with Crippen LogP contribution in [-0.2, 0) is 6.54 Å². The zero-order valence-corrected chi connectivity index (χ0v) is 15.9. The zero-order valence-electron chi connectivity index (χ0n) is 12.0. The van der Waals surface area contributed by atoms with Gasteiger partial charge in [0.15, 0.2) is 0 Å². The van der Waals surface area contributed by atoms with Crippen LogP contribution in [0.25, 0.3) is 0 Å². The minimum Gasteiger partial charge on any atom is -0.492 e. The first-order chi connectivity index (χ1) is 10.1. The summed E-state index contributed by atoms with van der Waals surface area (Å²) in [5.74, 6) is 0.852. The normalized spacial score (nSPS) is 10.5. The Bertz CT molecular complexity index is 579. The lowest BCUT2D eigenvalue weighted by atomic mass is 10.2. The highest BCUT2D eigenvalue weighted by Gasteiger charge is 2.08. The Morgan fingerprint density at radius 3 is 2.24 bits per heavy atom. The summed E-state index contributed by atoms with van der Waals surface area (Å²) in [6.45, 7) is 3.39. The van der Waals surface area contributed by atoms with Crippen LogP contribution in [0.4, 0.5) is 5.69 Å². The summed E-state index contributed by atoms with van der Waals surface area (Å²) >= 11 is 8.87. The zero-order chi connectivity index (χ0) is 15.2. The van der Waals surface area contributed by atoms with Gasteiger partial charge in [-0.05, 0) is 87.0 Å². The molecule has 5 heteroatoms. The average molecular weight is 431 g/mol. The molecule has 2 rings (SSSR count). The standard InChI is InChI=1S/C16H17Br2NOS/c1-3-20-16-14(17)8-11(9-15(16)18)10-19-12-4-6-13(21-2)7-5-12/h4-9,19H,3,10H2,1-2H3. The minimum absolute atomic E-state index is 0.649. The van der Waals surface area contributed by atoms with Crippen molar-refractivity contribution in [2.24, 2.45) is 0 Å². The van der Waals surface area contributed by atoms with E-state index in [9.17, 15) is 0 Å². The summed E-state index contributed by atoms with van der Waals surface area (Å²) in [6, 6.07) is 12.6. The molecule has 0 spiro atoms. The molecule has 0 atom stereocenters. The summed E-state index contributed by atoms with van der Waals surface area (Å²) in [4.78, 5) is 1.27. The molecule has 2 aromatic carbocycles. The predicted octanol–water partition coefficient (Wildman–Crippen LogP) is 5.94. The Labute approximate surface area is 146 Å². The Morgan fingerprint density at radius 2 is 1.71 bits per heavy atom. The fourth-order valence-electron chi connectivity index (χ4n) is 1.91. The van der Waals surface area contributed by atoms with Gasteiger partial charge in [-0.25, -0.2) is 0 Å². The topological polar surface area (TPSA) is 21.3 Å². The Balaban J connectivity index is 2.05. The Kier molecular flexibility index (Phi) is 6.45. The Morgan fingerprint density at radius 1 is 1.10 bits per heavy atom. The quantitative estimate of drug-likeness (QED) is 0.572. The van der Waals surface area contributed by atoms with Gasteiger partial charge in [-0.2, -0.15) is 0 Å². The van der Waals surface area contributed by atoms with Crippen LogP contribution in [0.2, 0.25) is 0 Å². The molecule has 2 nitrogen and oxygen atoms in total. The van der Waals surface area contributed by atoms with Crippen LogP contribution in [0.15, 0.2) is 50.2 Å². The minimum atomic E-state index is 0.649. The molecule has 1 N–H and O–H groups in total. The summed E-state index contributed by atoms with van der Waals surface area (Å²) in [5, 5.41) is 3.43. The van der Waals surface area contributed by atoms with E-state index in [1.54, 1.807) is 11.8 Å². The van der Waals surface area contributed by atoms with Gasteiger partial charge in [0.1, 0.15) is 5.75 Å². The molecule has 0 heterocycles. The van der Waals surface area contributed by atoms with E-state index < -0.39 is 0 Å². The van der Waals surface area contributed by atoms with Gasteiger partial charge in [0.05, 0.1) is 15.6 Å². The highest BCUT2D eigenvalue weighted by Crippen LogP contribution is 2.35. The molecule has 0 aliphatic heterocycles. The fraction of sp³-hybridized carbons (Fsp3) is 0.250. The first-order valence-corrected chi connectivity index (χ1v) is 9.43. The molecule has 21 heavy (non-hydrogen) atoms. The van der Waals surface area contributed by atoms with E-state index in [1.807, 2.05) is 6.92 Å². The van der Waals surface area contributed by atoms with Crippen molar-refractivity contribution in [3.05, 3.63) is 50.9 Å². The van der Waals surface area contributed by atoms with E-state index in [2.05, 4.69) is 79.8 Å². The second-order valence-corrected chi connectivity index (χ2v) is 6.99. The second kappa shape index (κ2) is 8.11. The molecule has 0 fully saturated rings. The third kappa shape index (κ3) is 4.66. The van der Waals surface area contributed by atoms with Crippen molar-refractivity contribution in [2.45, 2.75) is 18.4 Å². The first-order valence-electron chi connectivity index (χ1n) is 6.62. The van der Waals surface area contributed by atoms with Gasteiger partial charge in [0, 0.05) is 17.1 Å². The maximum absolute atomic E-state index is 5.59. The van der Waals surface area contributed by atoms with Crippen molar-refractivity contribution in [3.8, 4) is 5.75 Å². The van der Waals surface area contributed by atoms with Crippen LogP contribution < -0.4 is 10.1 Å². The molecular weight excluding hydrogens is 414 g/mol. The highest BCUT2D eigenvalue weighted by molar-refractivity contribution is 9.11. The van der Waals surface area contributed by atoms with Gasteiger partial charge in [0.25, 0.3) is 0 Å². The molecule has 0 aromatic heterocycles. The van der Waals surface area contributed by atoms with Crippen molar-refractivity contribution in [3.63, 3.8) is 0 Å². The van der Waals surface area contributed by atoms with E-state index in [-0.39, 0.29) is 0 Å². The number of halogens is 2. The van der Waals surface area contributed by atoms with E-state index in [1.165, 1.54) is 10.5 Å². The van der Waals surface area contributed by atoms with E-state index >= 15 is 0 Å². The van der Waals surface area contributed by atoms with Crippen molar-refractivity contribution in [2.75, 3.05) is 18.2 Å². The molecular formula is C16H17Br2NOS. The lowest BCUT2D eigenvalue weighted by molar-refractivity contribution is 0.336. The smallest absolute Gasteiger partial charge is 0.147 e.